The van der Waals surface area contributed by atoms with E-state index in [1.807, 2.05) is 6.07 Å². The summed E-state index contributed by atoms with van der Waals surface area (Å²) in [5, 5.41) is 9.59. The van der Waals surface area contributed by atoms with Gasteiger partial charge in [0.1, 0.15) is 23.8 Å². The average molecular weight is 412 g/mol. The third-order valence-electron chi connectivity index (χ3n) is 5.69. The molecule has 4 rings (SSSR count). The molecule has 0 radical (unpaired) electrons. The van der Waals surface area contributed by atoms with Crippen molar-refractivity contribution in [1.29, 1.82) is 0 Å². The van der Waals surface area contributed by atoms with Gasteiger partial charge in [0.05, 0.1) is 25.5 Å². The summed E-state index contributed by atoms with van der Waals surface area (Å²) in [7, 11) is 1.59. The Balaban J connectivity index is 1.38. The molecule has 2 aliphatic rings. The Labute approximate surface area is 176 Å². The molecule has 160 valence electrons. The topological polar surface area (TPSA) is 88.0 Å². The number of hydrogen-bond acceptors (Lipinski definition) is 7. The number of pyridine rings is 2. The van der Waals surface area contributed by atoms with Gasteiger partial charge in [-0.1, -0.05) is 0 Å². The van der Waals surface area contributed by atoms with Crippen LogP contribution in [0.15, 0.2) is 24.4 Å². The number of nitrogens with zero attached hydrogens (tertiary/aromatic N) is 4. The maximum Gasteiger partial charge on any atom is 0.251 e. The Kier molecular flexibility index (Phi) is 5.76. The minimum absolute atomic E-state index is 0.144. The first-order valence-electron chi connectivity index (χ1n) is 10.3. The number of methoxy groups -OCH3 is 1. The lowest BCUT2D eigenvalue weighted by molar-refractivity contribution is -0.139. The molecule has 1 atom stereocenters. The number of aryl methyl sites for hydroxylation is 1. The number of amides is 1. The Hall–Kier alpha value is -2.87. The number of aromatic nitrogens is 2. The summed E-state index contributed by atoms with van der Waals surface area (Å²) in [5.41, 5.74) is 3.10. The van der Waals surface area contributed by atoms with Gasteiger partial charge in [0.2, 0.25) is 5.88 Å². The Morgan fingerprint density at radius 1 is 1.27 bits per heavy atom. The van der Waals surface area contributed by atoms with Crippen LogP contribution in [0.1, 0.15) is 36.6 Å². The zero-order valence-electron chi connectivity index (χ0n) is 17.7. The zero-order chi connectivity index (χ0) is 21.3. The largest absolute Gasteiger partial charge is 0.489 e. The van der Waals surface area contributed by atoms with Crippen LogP contribution in [0.25, 0.3) is 0 Å². The van der Waals surface area contributed by atoms with Crippen LogP contribution in [0.2, 0.25) is 0 Å². The highest BCUT2D eigenvalue weighted by Crippen LogP contribution is 2.30. The van der Waals surface area contributed by atoms with Crippen LogP contribution in [0.3, 0.4) is 0 Å². The van der Waals surface area contributed by atoms with E-state index in [0.717, 1.165) is 54.3 Å². The third kappa shape index (κ3) is 4.18. The highest BCUT2D eigenvalue weighted by Gasteiger charge is 2.29. The fourth-order valence-corrected chi connectivity index (χ4v) is 4.09. The molecule has 1 amide bonds. The minimum atomic E-state index is -0.986. The van der Waals surface area contributed by atoms with Crippen LogP contribution < -0.4 is 14.4 Å². The van der Waals surface area contributed by atoms with Crippen LogP contribution in [-0.2, 0) is 17.9 Å². The normalized spacial score (nSPS) is 17.6. The predicted octanol–water partition coefficient (Wildman–Crippen LogP) is 2.06. The van der Waals surface area contributed by atoms with E-state index in [4.69, 9.17) is 14.5 Å². The van der Waals surface area contributed by atoms with E-state index >= 15 is 0 Å². The number of fused-ring (bicyclic) bond motifs is 1. The summed E-state index contributed by atoms with van der Waals surface area (Å²) >= 11 is 0. The highest BCUT2D eigenvalue weighted by atomic mass is 16.5. The van der Waals surface area contributed by atoms with E-state index in [1.165, 1.54) is 6.92 Å². The smallest absolute Gasteiger partial charge is 0.251 e. The third-order valence-corrected chi connectivity index (χ3v) is 5.69. The SMILES string of the molecule is COc1ccc(OC2CCN(c3nc4c(cc3C)CN(C(=O)C(C)O)C4)CC2)cn1. The number of carbonyl (C=O) groups is 1. The first kappa shape index (κ1) is 20.4. The van der Waals surface area contributed by atoms with Crippen molar-refractivity contribution in [1.82, 2.24) is 14.9 Å². The number of hydrogen-bond donors (Lipinski definition) is 1. The van der Waals surface area contributed by atoms with Crippen LogP contribution >= 0.6 is 0 Å². The zero-order valence-corrected chi connectivity index (χ0v) is 17.7. The summed E-state index contributed by atoms with van der Waals surface area (Å²) in [6.45, 7) is 6.25. The van der Waals surface area contributed by atoms with E-state index in [9.17, 15) is 9.90 Å². The standard InChI is InChI=1S/C22H28N4O4/c1-14-10-16-12-26(22(28)15(2)27)13-19(16)24-21(14)25-8-6-17(7-9-25)30-18-4-5-20(29-3)23-11-18/h4-5,10-11,15,17,27H,6-9,12-13H2,1-3H3. The molecule has 30 heavy (non-hydrogen) atoms. The van der Waals surface area contributed by atoms with Crippen molar-refractivity contribution in [2.45, 2.75) is 52.0 Å². The van der Waals surface area contributed by atoms with Gasteiger partial charge in [-0.3, -0.25) is 4.79 Å². The second kappa shape index (κ2) is 8.47. The van der Waals surface area contributed by atoms with Gasteiger partial charge in [-0.05, 0) is 37.1 Å². The molecule has 1 fully saturated rings. The summed E-state index contributed by atoms with van der Waals surface area (Å²) in [6, 6.07) is 5.80. The molecular formula is C22H28N4O4. The second-order valence-corrected chi connectivity index (χ2v) is 7.95. The van der Waals surface area contributed by atoms with Crippen LogP contribution in [0, 0.1) is 6.92 Å². The minimum Gasteiger partial charge on any atom is -0.489 e. The van der Waals surface area contributed by atoms with Gasteiger partial charge in [-0.2, -0.15) is 0 Å². The first-order valence-corrected chi connectivity index (χ1v) is 10.3. The molecule has 0 aliphatic carbocycles. The first-order chi connectivity index (χ1) is 14.4. The Morgan fingerprint density at radius 3 is 2.67 bits per heavy atom. The van der Waals surface area contributed by atoms with E-state index < -0.39 is 6.10 Å². The number of ether oxygens (including phenoxy) is 2. The lowest BCUT2D eigenvalue weighted by Gasteiger charge is -2.34. The molecule has 1 unspecified atom stereocenters. The predicted molar refractivity (Wildman–Crippen MR) is 112 cm³/mol. The fourth-order valence-electron chi connectivity index (χ4n) is 4.09. The number of carbonyl (C=O) groups excluding carboxylic acids is 1. The van der Waals surface area contributed by atoms with Crippen LogP contribution in [0.4, 0.5) is 5.82 Å². The molecule has 4 heterocycles. The molecule has 0 spiro atoms. The van der Waals surface area contributed by atoms with Gasteiger partial charge in [-0.25, -0.2) is 9.97 Å². The highest BCUT2D eigenvalue weighted by molar-refractivity contribution is 5.80. The van der Waals surface area contributed by atoms with Crippen molar-refractivity contribution >= 4 is 11.7 Å². The van der Waals surface area contributed by atoms with Crippen molar-refractivity contribution < 1.29 is 19.4 Å². The lowest BCUT2D eigenvalue weighted by atomic mass is 10.1. The van der Waals surface area contributed by atoms with Gasteiger partial charge in [0, 0.05) is 38.5 Å². The number of anilines is 1. The van der Waals surface area contributed by atoms with Gasteiger partial charge < -0.3 is 24.4 Å². The average Bonchev–Trinajstić information content (AvgIpc) is 3.16. The maximum atomic E-state index is 12.1. The van der Waals surface area contributed by atoms with Crippen molar-refractivity contribution in [2.24, 2.45) is 0 Å². The van der Waals surface area contributed by atoms with E-state index in [1.54, 1.807) is 24.3 Å². The van der Waals surface area contributed by atoms with Gasteiger partial charge in [-0.15, -0.1) is 0 Å². The summed E-state index contributed by atoms with van der Waals surface area (Å²) in [4.78, 5) is 25.1. The lowest BCUT2D eigenvalue weighted by Crippen LogP contribution is -2.39. The number of rotatable bonds is 5. The van der Waals surface area contributed by atoms with E-state index in [0.29, 0.717) is 19.0 Å². The van der Waals surface area contributed by atoms with Crippen LogP contribution in [0.5, 0.6) is 11.6 Å². The van der Waals surface area contributed by atoms with E-state index in [2.05, 4.69) is 22.9 Å². The molecule has 8 nitrogen and oxygen atoms in total. The molecule has 2 aromatic rings. The maximum absolute atomic E-state index is 12.1. The molecule has 1 saturated heterocycles. The summed E-state index contributed by atoms with van der Waals surface area (Å²) in [6.07, 6.45) is 2.65. The molecule has 1 N–H and O–H groups in total. The van der Waals surface area contributed by atoms with Crippen molar-refractivity contribution in [3.8, 4) is 11.6 Å². The van der Waals surface area contributed by atoms with Crippen molar-refractivity contribution in [3.05, 3.63) is 41.2 Å². The van der Waals surface area contributed by atoms with Gasteiger partial charge in [0.25, 0.3) is 5.91 Å². The number of aliphatic hydroxyl groups excluding tert-OH is 1. The number of piperidine rings is 1. The second-order valence-electron chi connectivity index (χ2n) is 7.95. The molecule has 0 saturated carbocycles. The summed E-state index contributed by atoms with van der Waals surface area (Å²) < 4.78 is 11.2. The van der Waals surface area contributed by atoms with Gasteiger partial charge in [0.15, 0.2) is 0 Å². The van der Waals surface area contributed by atoms with Gasteiger partial charge >= 0.3 is 0 Å². The monoisotopic (exact) mass is 412 g/mol. The summed E-state index contributed by atoms with van der Waals surface area (Å²) in [5.74, 6) is 2.05. The molecule has 2 aliphatic heterocycles. The molecule has 0 aromatic carbocycles. The van der Waals surface area contributed by atoms with Crippen molar-refractivity contribution in [3.63, 3.8) is 0 Å². The van der Waals surface area contributed by atoms with Crippen molar-refractivity contribution in [2.75, 3.05) is 25.1 Å². The van der Waals surface area contributed by atoms with Crippen LogP contribution in [-0.4, -0.2) is 58.3 Å². The molecule has 0 bridgehead atoms. The fraction of sp³-hybridized carbons (Fsp3) is 0.500. The Morgan fingerprint density at radius 2 is 2.03 bits per heavy atom. The number of aliphatic hydroxyl groups is 1. The molecular weight excluding hydrogens is 384 g/mol. The molecule has 8 heteroatoms. The quantitative estimate of drug-likeness (QED) is 0.804. The van der Waals surface area contributed by atoms with E-state index in [-0.39, 0.29) is 12.0 Å². The molecule has 2 aromatic heterocycles. The Bertz CT molecular complexity index is 908.